The van der Waals surface area contributed by atoms with Crippen molar-refractivity contribution in [3.05, 3.63) is 24.3 Å². The summed E-state index contributed by atoms with van der Waals surface area (Å²) in [5, 5.41) is 0. The zero-order chi connectivity index (χ0) is 12.9. The normalized spacial score (nSPS) is 11.1. The van der Waals surface area contributed by atoms with Crippen molar-refractivity contribution in [3.8, 4) is 5.75 Å². The second-order valence-corrected chi connectivity index (χ2v) is 6.54. The maximum Gasteiger partial charge on any atom is 0.262 e. The highest BCUT2D eigenvalue weighted by molar-refractivity contribution is 9.50. The molecule has 17 heavy (non-hydrogen) atoms. The molecule has 0 fully saturated rings. The summed E-state index contributed by atoms with van der Waals surface area (Å²) in [6.07, 6.45) is 0.709. The molecule has 1 radical (unpaired) electrons. The Hall–Kier alpha value is -0.415. The minimum atomic E-state index is -0.292. The Labute approximate surface area is 115 Å². The van der Waals surface area contributed by atoms with E-state index in [0.717, 1.165) is 4.90 Å². The van der Waals surface area contributed by atoms with Crippen molar-refractivity contribution in [1.82, 2.24) is 0 Å². The minimum Gasteiger partial charge on any atom is -0.435 e. The van der Waals surface area contributed by atoms with Gasteiger partial charge >= 0.3 is 0 Å². The Kier molecular flexibility index (Phi) is 5.60. The first kappa shape index (κ1) is 14.6. The first-order valence-electron chi connectivity index (χ1n) is 5.34. The Bertz CT molecular complexity index is 373. The number of halogens is 1. The van der Waals surface area contributed by atoms with Crippen LogP contribution >= 0.6 is 25.0 Å². The fourth-order valence-corrected chi connectivity index (χ4v) is 1.99. The molecule has 0 saturated heterocycles. The molecule has 0 amide bonds. The van der Waals surface area contributed by atoms with Gasteiger partial charge in [-0.25, -0.2) is 0 Å². The standard InChI is InChI=1S/C12H15BBrO2S/c1-12(2,3)8-13-11(15)16-9-4-6-10(17-14)7-5-9/h4-7H,8H2,1-3H3. The molecule has 1 aromatic rings. The molecular formula is C12H15BBrO2S. The lowest BCUT2D eigenvalue weighted by atomic mass is 9.65. The maximum atomic E-state index is 11.5. The first-order chi connectivity index (χ1) is 7.90. The first-order valence-corrected chi connectivity index (χ1v) is 8.00. The lowest BCUT2D eigenvalue weighted by Gasteiger charge is -2.16. The summed E-state index contributed by atoms with van der Waals surface area (Å²) in [5.74, 6) is 0.282. The summed E-state index contributed by atoms with van der Waals surface area (Å²) in [6.45, 7) is 6.25. The van der Waals surface area contributed by atoms with E-state index in [2.05, 4.69) is 35.6 Å². The molecular weight excluding hydrogens is 299 g/mol. The van der Waals surface area contributed by atoms with Crippen molar-refractivity contribution in [2.45, 2.75) is 32.0 Å². The Morgan fingerprint density at radius 3 is 2.41 bits per heavy atom. The highest BCUT2D eigenvalue weighted by Gasteiger charge is 2.15. The van der Waals surface area contributed by atoms with E-state index in [9.17, 15) is 4.79 Å². The molecule has 0 unspecified atom stereocenters. The molecule has 1 rings (SSSR count). The average molecular weight is 314 g/mol. The van der Waals surface area contributed by atoms with E-state index in [1.165, 1.54) is 10.2 Å². The van der Waals surface area contributed by atoms with Crippen LogP contribution in [0.5, 0.6) is 5.75 Å². The molecule has 0 atom stereocenters. The van der Waals surface area contributed by atoms with Crippen LogP contribution in [0.4, 0.5) is 4.79 Å². The summed E-state index contributed by atoms with van der Waals surface area (Å²) in [6, 6.07) is 7.36. The van der Waals surface area contributed by atoms with Gasteiger partial charge in [0, 0.05) is 4.90 Å². The van der Waals surface area contributed by atoms with E-state index < -0.39 is 0 Å². The molecule has 0 heterocycles. The smallest absolute Gasteiger partial charge is 0.262 e. The second kappa shape index (κ2) is 6.50. The second-order valence-electron chi connectivity index (χ2n) is 4.94. The predicted molar refractivity (Wildman–Crippen MR) is 77.3 cm³/mol. The van der Waals surface area contributed by atoms with Crippen molar-refractivity contribution >= 4 is 38.2 Å². The van der Waals surface area contributed by atoms with Gasteiger partial charge in [-0.1, -0.05) is 27.1 Å². The van der Waals surface area contributed by atoms with Crippen LogP contribution < -0.4 is 4.74 Å². The van der Waals surface area contributed by atoms with Gasteiger partial charge in [0.2, 0.25) is 5.87 Å². The van der Waals surface area contributed by atoms with E-state index in [1.807, 2.05) is 12.1 Å². The molecule has 0 aromatic heterocycles. The molecule has 2 nitrogen and oxygen atoms in total. The van der Waals surface area contributed by atoms with E-state index in [-0.39, 0.29) is 11.3 Å². The minimum absolute atomic E-state index is 0.107. The lowest BCUT2D eigenvalue weighted by Crippen LogP contribution is -2.19. The number of ether oxygens (including phenoxy) is 1. The summed E-state index contributed by atoms with van der Waals surface area (Å²) in [7, 11) is 3.06. The average Bonchev–Trinajstić information content (AvgIpc) is 2.27. The largest absolute Gasteiger partial charge is 0.435 e. The summed E-state index contributed by atoms with van der Waals surface area (Å²) < 4.78 is 5.19. The van der Waals surface area contributed by atoms with Crippen molar-refractivity contribution in [2.24, 2.45) is 5.41 Å². The Balaban J connectivity index is 2.45. The van der Waals surface area contributed by atoms with Crippen LogP contribution in [0.2, 0.25) is 6.32 Å². The highest BCUT2D eigenvalue weighted by atomic mass is 79.9. The van der Waals surface area contributed by atoms with Gasteiger partial charge in [0.05, 0.1) is 0 Å². The monoisotopic (exact) mass is 313 g/mol. The molecule has 0 N–H and O–H groups in total. The molecule has 0 aliphatic carbocycles. The maximum absolute atomic E-state index is 11.5. The van der Waals surface area contributed by atoms with Crippen molar-refractivity contribution < 1.29 is 9.53 Å². The number of carbonyl (C=O) groups excluding carboxylic acids is 1. The topological polar surface area (TPSA) is 26.3 Å². The number of carbonyl (C=O) groups is 1. The zero-order valence-electron chi connectivity index (χ0n) is 10.2. The Morgan fingerprint density at radius 2 is 1.94 bits per heavy atom. The summed E-state index contributed by atoms with van der Waals surface area (Å²) in [5.41, 5.74) is 0.107. The van der Waals surface area contributed by atoms with Gasteiger partial charge in [0.1, 0.15) is 5.75 Å². The molecule has 0 spiro atoms. The SMILES string of the molecule is CC(C)(C)C[B]C(=O)Oc1ccc(SBr)cc1. The molecule has 0 saturated carbocycles. The van der Waals surface area contributed by atoms with Crippen LogP contribution in [0.3, 0.4) is 0 Å². The fraction of sp³-hybridized carbons (Fsp3) is 0.417. The number of benzene rings is 1. The molecule has 0 aliphatic rings. The van der Waals surface area contributed by atoms with Gasteiger partial charge in [-0.2, -0.15) is 0 Å². The van der Waals surface area contributed by atoms with Crippen LogP contribution in [0, 0.1) is 5.41 Å². The lowest BCUT2D eigenvalue weighted by molar-refractivity contribution is 0.224. The van der Waals surface area contributed by atoms with Gasteiger partial charge in [0.15, 0.2) is 0 Å². The predicted octanol–water partition coefficient (Wildman–Crippen LogP) is 4.76. The van der Waals surface area contributed by atoms with E-state index in [0.29, 0.717) is 12.1 Å². The molecule has 1 aromatic carbocycles. The van der Waals surface area contributed by atoms with Gasteiger partial charge < -0.3 is 4.74 Å². The van der Waals surface area contributed by atoms with Crippen LogP contribution in [-0.2, 0) is 0 Å². The summed E-state index contributed by atoms with van der Waals surface area (Å²) >= 11 is 3.28. The van der Waals surface area contributed by atoms with Gasteiger partial charge in [-0.05, 0) is 54.7 Å². The summed E-state index contributed by atoms with van der Waals surface area (Å²) in [4.78, 5) is 12.6. The van der Waals surface area contributed by atoms with Crippen LogP contribution in [0.25, 0.3) is 0 Å². The van der Waals surface area contributed by atoms with E-state index in [4.69, 9.17) is 4.74 Å². The number of rotatable bonds is 4. The third-order valence-electron chi connectivity index (χ3n) is 2.01. The number of hydrogen-bond acceptors (Lipinski definition) is 3. The van der Waals surface area contributed by atoms with Crippen molar-refractivity contribution in [3.63, 3.8) is 0 Å². The zero-order valence-corrected chi connectivity index (χ0v) is 12.6. The number of hydrogen-bond donors (Lipinski definition) is 0. The van der Waals surface area contributed by atoms with Gasteiger partial charge in [0.25, 0.3) is 7.28 Å². The fourth-order valence-electron chi connectivity index (χ4n) is 1.11. The Morgan fingerprint density at radius 1 is 1.35 bits per heavy atom. The molecule has 0 aliphatic heterocycles. The van der Waals surface area contributed by atoms with Crippen LogP contribution in [-0.4, -0.2) is 13.1 Å². The van der Waals surface area contributed by atoms with E-state index in [1.54, 1.807) is 19.4 Å². The molecule has 91 valence electrons. The third-order valence-corrected chi connectivity index (χ3v) is 3.58. The quantitative estimate of drug-likeness (QED) is 0.750. The molecule has 0 bridgehead atoms. The van der Waals surface area contributed by atoms with Crippen LogP contribution in [0.15, 0.2) is 29.2 Å². The van der Waals surface area contributed by atoms with Crippen LogP contribution in [0.1, 0.15) is 20.8 Å². The van der Waals surface area contributed by atoms with Gasteiger partial charge in [-0.3, -0.25) is 4.79 Å². The van der Waals surface area contributed by atoms with Crippen molar-refractivity contribution in [2.75, 3.05) is 0 Å². The highest BCUT2D eigenvalue weighted by Crippen LogP contribution is 2.26. The van der Waals surface area contributed by atoms with Gasteiger partial charge in [-0.15, -0.1) is 0 Å². The molecule has 5 heteroatoms. The van der Waals surface area contributed by atoms with Crippen molar-refractivity contribution in [1.29, 1.82) is 0 Å². The third kappa shape index (κ3) is 6.17. The van der Waals surface area contributed by atoms with E-state index >= 15 is 0 Å².